The summed E-state index contributed by atoms with van der Waals surface area (Å²) in [5.41, 5.74) is 4.11. The van der Waals surface area contributed by atoms with Gasteiger partial charge in [-0.25, -0.2) is 13.2 Å². The number of sulfone groups is 1. The summed E-state index contributed by atoms with van der Waals surface area (Å²) >= 11 is 12.1. The van der Waals surface area contributed by atoms with Crippen molar-refractivity contribution >= 4 is 50.4 Å². The second-order valence-corrected chi connectivity index (χ2v) is 10.2. The molecule has 166 valence electrons. The molecular weight excluding hydrogens is 469 g/mol. The highest BCUT2D eigenvalue weighted by Gasteiger charge is 2.18. The number of nitrogens with one attached hydrogen (secondary N) is 3. The van der Waals surface area contributed by atoms with Crippen LogP contribution in [0.3, 0.4) is 0 Å². The summed E-state index contributed by atoms with van der Waals surface area (Å²) in [7, 11) is -3.51. The van der Waals surface area contributed by atoms with Gasteiger partial charge in [0.25, 0.3) is 0 Å². The molecule has 0 atom stereocenters. The normalized spacial score (nSPS) is 12.7. The molecule has 3 aromatic carbocycles. The van der Waals surface area contributed by atoms with Crippen molar-refractivity contribution in [1.82, 2.24) is 5.32 Å². The lowest BCUT2D eigenvalue weighted by atomic mass is 10.1. The molecule has 0 spiro atoms. The maximum atomic E-state index is 12.8. The first-order chi connectivity index (χ1) is 15.3. The van der Waals surface area contributed by atoms with E-state index in [1.807, 2.05) is 18.2 Å². The Labute approximate surface area is 196 Å². The summed E-state index contributed by atoms with van der Waals surface area (Å²) < 4.78 is 25.6. The fourth-order valence-electron chi connectivity index (χ4n) is 3.51. The van der Waals surface area contributed by atoms with Crippen molar-refractivity contribution in [2.75, 3.05) is 17.2 Å². The highest BCUT2D eigenvalue weighted by atomic mass is 35.5. The molecule has 1 heterocycles. The van der Waals surface area contributed by atoms with Gasteiger partial charge in [0.15, 0.2) is 9.84 Å². The zero-order chi connectivity index (χ0) is 22.7. The summed E-state index contributed by atoms with van der Waals surface area (Å²) in [6, 6.07) is 16.6. The average Bonchev–Trinajstić information content (AvgIpc) is 3.23. The van der Waals surface area contributed by atoms with Gasteiger partial charge < -0.3 is 16.0 Å². The van der Waals surface area contributed by atoms with Gasteiger partial charge in [0.05, 0.1) is 20.7 Å². The summed E-state index contributed by atoms with van der Waals surface area (Å²) in [5.74, 6) is -0.0877. The van der Waals surface area contributed by atoms with Gasteiger partial charge in [0, 0.05) is 24.5 Å². The van der Waals surface area contributed by atoms with Gasteiger partial charge in [0.1, 0.15) is 0 Å². The monoisotopic (exact) mass is 489 g/mol. The number of hydrogen-bond acceptors (Lipinski definition) is 4. The molecular formula is C23H21Cl2N3O3S. The molecule has 1 aliphatic heterocycles. The number of amides is 2. The van der Waals surface area contributed by atoms with Crippen LogP contribution in [0.2, 0.25) is 10.0 Å². The van der Waals surface area contributed by atoms with E-state index in [9.17, 15) is 13.2 Å². The molecule has 0 radical (unpaired) electrons. The lowest BCUT2D eigenvalue weighted by molar-refractivity contribution is 0.251. The molecule has 4 rings (SSSR count). The molecule has 0 saturated heterocycles. The molecule has 32 heavy (non-hydrogen) atoms. The third-order valence-corrected chi connectivity index (χ3v) is 7.74. The van der Waals surface area contributed by atoms with E-state index in [4.69, 9.17) is 23.2 Å². The van der Waals surface area contributed by atoms with Crippen LogP contribution in [0.4, 0.5) is 16.2 Å². The first-order valence-electron chi connectivity index (χ1n) is 9.98. The van der Waals surface area contributed by atoms with Crippen LogP contribution < -0.4 is 16.0 Å². The van der Waals surface area contributed by atoms with Crippen molar-refractivity contribution in [1.29, 1.82) is 0 Å². The van der Waals surface area contributed by atoms with Crippen LogP contribution in [0.5, 0.6) is 0 Å². The van der Waals surface area contributed by atoms with Crippen LogP contribution in [0.25, 0.3) is 0 Å². The highest BCUT2D eigenvalue weighted by molar-refractivity contribution is 7.90. The lowest BCUT2D eigenvalue weighted by Gasteiger charge is -2.10. The molecule has 3 N–H and O–H groups in total. The number of halogens is 2. The maximum Gasteiger partial charge on any atom is 0.319 e. The number of fused-ring (bicyclic) bond motifs is 1. The summed E-state index contributed by atoms with van der Waals surface area (Å²) in [6.07, 6.45) is 0.955. The highest BCUT2D eigenvalue weighted by Crippen LogP contribution is 2.27. The third kappa shape index (κ3) is 5.18. The minimum Gasteiger partial charge on any atom is -0.384 e. The van der Waals surface area contributed by atoms with Crippen molar-refractivity contribution in [2.45, 2.75) is 23.6 Å². The van der Waals surface area contributed by atoms with Crippen LogP contribution >= 0.6 is 23.2 Å². The molecule has 6 nitrogen and oxygen atoms in total. The van der Waals surface area contributed by atoms with Crippen molar-refractivity contribution in [3.63, 3.8) is 0 Å². The Morgan fingerprint density at radius 3 is 2.59 bits per heavy atom. The SMILES string of the molecule is O=C(NCc1cccc(Cl)c1Cl)Nc1ccc(S(=O)(=O)Cc2ccc3c(c2)NCC3)cc1. The largest absolute Gasteiger partial charge is 0.384 e. The van der Waals surface area contributed by atoms with E-state index in [1.165, 1.54) is 17.7 Å². The predicted molar refractivity (Wildman–Crippen MR) is 128 cm³/mol. The molecule has 0 saturated carbocycles. The first-order valence-corrected chi connectivity index (χ1v) is 12.4. The molecule has 0 fully saturated rings. The van der Waals surface area contributed by atoms with Crippen LogP contribution in [0.15, 0.2) is 65.6 Å². The van der Waals surface area contributed by atoms with E-state index in [2.05, 4.69) is 16.0 Å². The molecule has 3 aromatic rings. The summed E-state index contributed by atoms with van der Waals surface area (Å²) in [5, 5.41) is 9.44. The van der Waals surface area contributed by atoms with Gasteiger partial charge >= 0.3 is 6.03 Å². The van der Waals surface area contributed by atoms with E-state index >= 15 is 0 Å². The number of carbonyl (C=O) groups excluding carboxylic acids is 1. The van der Waals surface area contributed by atoms with Gasteiger partial charge in [-0.1, -0.05) is 47.5 Å². The zero-order valence-electron chi connectivity index (χ0n) is 17.0. The maximum absolute atomic E-state index is 12.8. The Bertz CT molecular complexity index is 1260. The Balaban J connectivity index is 1.36. The zero-order valence-corrected chi connectivity index (χ0v) is 19.3. The number of rotatable bonds is 6. The number of hydrogen-bond donors (Lipinski definition) is 3. The predicted octanol–water partition coefficient (Wildman–Crippen LogP) is 5.26. The lowest BCUT2D eigenvalue weighted by Crippen LogP contribution is -2.28. The fourth-order valence-corrected chi connectivity index (χ4v) is 5.23. The van der Waals surface area contributed by atoms with Crippen molar-refractivity contribution < 1.29 is 13.2 Å². The standard InChI is InChI=1S/C23H21Cl2N3O3S/c24-20-3-1-2-17(22(20)25)13-27-23(29)28-18-6-8-19(9-7-18)32(30,31)14-15-4-5-16-10-11-26-21(16)12-15/h1-9,12,26H,10-11,13-14H2,(H2,27,28,29). The third-order valence-electron chi connectivity index (χ3n) is 5.18. The molecule has 0 unspecified atom stereocenters. The van der Waals surface area contributed by atoms with Crippen molar-refractivity contribution in [3.05, 3.63) is 87.4 Å². The van der Waals surface area contributed by atoms with Gasteiger partial charge in [-0.2, -0.15) is 0 Å². The minimum absolute atomic E-state index is 0.0877. The summed E-state index contributed by atoms with van der Waals surface area (Å²) in [6.45, 7) is 1.08. The molecule has 0 aromatic heterocycles. The quantitative estimate of drug-likeness (QED) is 0.440. The fraction of sp³-hybridized carbons (Fsp3) is 0.174. The van der Waals surface area contributed by atoms with E-state index in [0.717, 1.165) is 24.2 Å². The molecule has 2 amide bonds. The Morgan fingerprint density at radius 2 is 1.81 bits per heavy atom. The van der Waals surface area contributed by atoms with E-state index in [1.54, 1.807) is 30.3 Å². The van der Waals surface area contributed by atoms with Gasteiger partial charge in [-0.05, 0) is 59.5 Å². The molecule has 9 heteroatoms. The second-order valence-electron chi connectivity index (χ2n) is 7.47. The number of carbonyl (C=O) groups is 1. The molecule has 1 aliphatic rings. The van der Waals surface area contributed by atoms with Gasteiger partial charge in [0.2, 0.25) is 0 Å². The first kappa shape index (κ1) is 22.5. The number of benzene rings is 3. The van der Waals surface area contributed by atoms with Crippen LogP contribution in [-0.2, 0) is 28.6 Å². The van der Waals surface area contributed by atoms with E-state index < -0.39 is 15.9 Å². The number of anilines is 2. The second kappa shape index (κ2) is 9.40. The Hall–Kier alpha value is -2.74. The van der Waals surface area contributed by atoms with Gasteiger partial charge in [-0.3, -0.25) is 0 Å². The smallest absolute Gasteiger partial charge is 0.319 e. The number of urea groups is 1. The Kier molecular flexibility index (Phi) is 6.60. The van der Waals surface area contributed by atoms with Crippen LogP contribution in [-0.4, -0.2) is 21.0 Å². The topological polar surface area (TPSA) is 87.3 Å². The van der Waals surface area contributed by atoms with Crippen molar-refractivity contribution in [2.24, 2.45) is 0 Å². The minimum atomic E-state index is -3.51. The van der Waals surface area contributed by atoms with E-state index in [0.29, 0.717) is 21.3 Å². The van der Waals surface area contributed by atoms with Crippen LogP contribution in [0.1, 0.15) is 16.7 Å². The van der Waals surface area contributed by atoms with Crippen molar-refractivity contribution in [3.8, 4) is 0 Å². The van der Waals surface area contributed by atoms with E-state index in [-0.39, 0.29) is 17.2 Å². The molecule has 0 bridgehead atoms. The Morgan fingerprint density at radius 1 is 1.03 bits per heavy atom. The van der Waals surface area contributed by atoms with Crippen LogP contribution in [0, 0.1) is 0 Å². The average molecular weight is 490 g/mol. The molecule has 0 aliphatic carbocycles. The van der Waals surface area contributed by atoms with Gasteiger partial charge in [-0.15, -0.1) is 0 Å². The summed E-state index contributed by atoms with van der Waals surface area (Å²) in [4.78, 5) is 12.4.